The Hall–Kier alpha value is -1.80. The van der Waals surface area contributed by atoms with E-state index < -0.39 is 0 Å². The summed E-state index contributed by atoms with van der Waals surface area (Å²) in [7, 11) is 0. The van der Waals surface area contributed by atoms with E-state index in [4.69, 9.17) is 0 Å². The van der Waals surface area contributed by atoms with Crippen LogP contribution < -0.4 is 4.90 Å². The zero-order valence-electron chi connectivity index (χ0n) is 16.2. The van der Waals surface area contributed by atoms with E-state index in [2.05, 4.69) is 65.3 Å². The molecule has 0 saturated carbocycles. The van der Waals surface area contributed by atoms with Gasteiger partial charge in [-0.05, 0) is 74.4 Å². The van der Waals surface area contributed by atoms with Gasteiger partial charge in [0.2, 0.25) is 0 Å². The normalized spacial score (nSPS) is 20.3. The van der Waals surface area contributed by atoms with Gasteiger partial charge in [-0.1, -0.05) is 49.7 Å². The minimum atomic E-state index is 0.920. The second-order valence-corrected chi connectivity index (χ2v) is 7.98. The molecule has 0 spiro atoms. The summed E-state index contributed by atoms with van der Waals surface area (Å²) in [6, 6.07) is 18.0. The maximum atomic E-state index is 2.70. The number of hydrogen-bond acceptors (Lipinski definition) is 2. The third-order valence-corrected chi connectivity index (χ3v) is 6.27. The van der Waals surface area contributed by atoms with Crippen molar-refractivity contribution >= 4 is 11.4 Å². The first kappa shape index (κ1) is 17.6. The monoisotopic (exact) mass is 348 g/mol. The smallest absolute Gasteiger partial charge is 0.0443 e. The number of piperidine rings is 1. The number of nitrogens with zero attached hydrogens (tertiary/aromatic N) is 2. The van der Waals surface area contributed by atoms with Crippen molar-refractivity contribution in [2.75, 3.05) is 31.1 Å². The van der Waals surface area contributed by atoms with Crippen LogP contribution in [0, 0.1) is 5.92 Å². The predicted molar refractivity (Wildman–Crippen MR) is 111 cm³/mol. The Kier molecular flexibility index (Phi) is 5.59. The first-order chi connectivity index (χ1) is 12.8. The topological polar surface area (TPSA) is 6.48 Å². The van der Waals surface area contributed by atoms with Crippen molar-refractivity contribution in [1.82, 2.24) is 4.90 Å². The molecular formula is C24H32N2. The zero-order chi connectivity index (χ0) is 17.8. The maximum absolute atomic E-state index is 2.70. The minimum absolute atomic E-state index is 0.920. The third-order valence-electron chi connectivity index (χ3n) is 6.27. The lowest BCUT2D eigenvalue weighted by Gasteiger charge is -2.33. The number of likely N-dealkylation sites (tertiary alicyclic amines) is 1. The van der Waals surface area contributed by atoms with Gasteiger partial charge in [0.25, 0.3) is 0 Å². The zero-order valence-corrected chi connectivity index (χ0v) is 16.2. The Labute approximate surface area is 158 Å². The number of para-hydroxylation sites is 2. The summed E-state index contributed by atoms with van der Waals surface area (Å²) in [6.45, 7) is 7.30. The number of benzene rings is 2. The van der Waals surface area contributed by atoms with Gasteiger partial charge in [0.05, 0.1) is 0 Å². The summed E-state index contributed by atoms with van der Waals surface area (Å²) in [5.41, 5.74) is 5.82. The van der Waals surface area contributed by atoms with E-state index >= 15 is 0 Å². The number of aryl methyl sites for hydroxylation is 2. The molecule has 26 heavy (non-hydrogen) atoms. The van der Waals surface area contributed by atoms with Gasteiger partial charge in [0.1, 0.15) is 0 Å². The van der Waals surface area contributed by atoms with Crippen molar-refractivity contribution in [3.05, 3.63) is 59.7 Å². The van der Waals surface area contributed by atoms with Gasteiger partial charge in [0.15, 0.2) is 0 Å². The van der Waals surface area contributed by atoms with Gasteiger partial charge in [-0.15, -0.1) is 0 Å². The fourth-order valence-corrected chi connectivity index (χ4v) is 4.75. The summed E-state index contributed by atoms with van der Waals surface area (Å²) in [5, 5.41) is 0. The highest BCUT2D eigenvalue weighted by molar-refractivity contribution is 5.71. The number of hydrogen-bond donors (Lipinski definition) is 0. The molecule has 2 aliphatic heterocycles. The van der Waals surface area contributed by atoms with Crippen LogP contribution >= 0.6 is 0 Å². The van der Waals surface area contributed by atoms with Crippen LogP contribution in [0.1, 0.15) is 43.7 Å². The highest BCUT2D eigenvalue weighted by Crippen LogP contribution is 2.35. The van der Waals surface area contributed by atoms with E-state index in [9.17, 15) is 0 Å². The lowest BCUT2D eigenvalue weighted by atomic mass is 9.95. The summed E-state index contributed by atoms with van der Waals surface area (Å²) >= 11 is 0. The molecule has 0 radical (unpaired) electrons. The molecule has 0 aliphatic carbocycles. The van der Waals surface area contributed by atoms with Gasteiger partial charge < -0.3 is 9.80 Å². The molecule has 2 aromatic rings. The first-order valence-corrected chi connectivity index (χ1v) is 10.5. The molecule has 0 amide bonds. The Balaban J connectivity index is 1.48. The molecule has 0 aromatic heterocycles. The lowest BCUT2D eigenvalue weighted by molar-refractivity contribution is 0.171. The number of fused-ring (bicyclic) bond motifs is 2. The summed E-state index contributed by atoms with van der Waals surface area (Å²) in [5.74, 6) is 0.920. The molecule has 4 rings (SSSR count). The SMILES string of the molecule is CCC1CCCN(CCCN2c3ccccc3CCc3ccccc32)C1. The molecule has 2 aromatic carbocycles. The number of rotatable bonds is 5. The highest BCUT2D eigenvalue weighted by Gasteiger charge is 2.21. The average molecular weight is 349 g/mol. The van der Waals surface area contributed by atoms with E-state index in [0.717, 1.165) is 25.3 Å². The molecule has 2 heteroatoms. The van der Waals surface area contributed by atoms with Crippen molar-refractivity contribution in [1.29, 1.82) is 0 Å². The van der Waals surface area contributed by atoms with Crippen molar-refractivity contribution in [3.63, 3.8) is 0 Å². The van der Waals surface area contributed by atoms with E-state index in [1.54, 1.807) is 0 Å². The predicted octanol–water partition coefficient (Wildman–Crippen LogP) is 5.44. The van der Waals surface area contributed by atoms with Crippen LogP contribution in [0.4, 0.5) is 11.4 Å². The van der Waals surface area contributed by atoms with Gasteiger partial charge in [-0.2, -0.15) is 0 Å². The van der Waals surface area contributed by atoms with Crippen LogP contribution in [-0.2, 0) is 12.8 Å². The molecule has 138 valence electrons. The molecule has 0 N–H and O–H groups in total. The van der Waals surface area contributed by atoms with E-state index in [1.165, 1.54) is 67.8 Å². The van der Waals surface area contributed by atoms with Crippen molar-refractivity contribution < 1.29 is 0 Å². The Morgan fingerprint density at radius 1 is 0.885 bits per heavy atom. The fourth-order valence-electron chi connectivity index (χ4n) is 4.75. The molecule has 1 atom stereocenters. The second-order valence-electron chi connectivity index (χ2n) is 7.98. The van der Waals surface area contributed by atoms with Crippen LogP contribution in [0.15, 0.2) is 48.5 Å². The Morgan fingerprint density at radius 3 is 2.19 bits per heavy atom. The second kappa shape index (κ2) is 8.26. The van der Waals surface area contributed by atoms with Crippen LogP contribution in [0.25, 0.3) is 0 Å². The Bertz CT molecular complexity index is 676. The molecular weight excluding hydrogens is 316 g/mol. The standard InChI is InChI=1S/C24H32N2/c1-2-20-9-7-16-25(19-20)17-8-18-26-23-12-5-3-10-21(23)14-15-22-11-4-6-13-24(22)26/h3-6,10-13,20H,2,7-9,14-19H2,1H3. The molecule has 1 unspecified atom stereocenters. The van der Waals surface area contributed by atoms with Crippen molar-refractivity contribution in [2.24, 2.45) is 5.92 Å². The molecule has 2 aliphatic rings. The molecule has 2 nitrogen and oxygen atoms in total. The van der Waals surface area contributed by atoms with Crippen LogP contribution in [0.5, 0.6) is 0 Å². The van der Waals surface area contributed by atoms with E-state index in [0.29, 0.717) is 0 Å². The van der Waals surface area contributed by atoms with Crippen molar-refractivity contribution in [2.45, 2.75) is 45.4 Å². The van der Waals surface area contributed by atoms with E-state index in [1.807, 2.05) is 0 Å². The molecule has 1 saturated heterocycles. The van der Waals surface area contributed by atoms with Crippen LogP contribution in [0.3, 0.4) is 0 Å². The highest BCUT2D eigenvalue weighted by atomic mass is 15.2. The van der Waals surface area contributed by atoms with E-state index in [-0.39, 0.29) is 0 Å². The third kappa shape index (κ3) is 3.81. The first-order valence-electron chi connectivity index (χ1n) is 10.5. The maximum Gasteiger partial charge on any atom is 0.0443 e. The van der Waals surface area contributed by atoms with Crippen LogP contribution in [-0.4, -0.2) is 31.1 Å². The lowest BCUT2D eigenvalue weighted by Crippen LogP contribution is -2.37. The summed E-state index contributed by atoms with van der Waals surface area (Å²) in [4.78, 5) is 5.28. The summed E-state index contributed by atoms with van der Waals surface area (Å²) < 4.78 is 0. The minimum Gasteiger partial charge on any atom is -0.341 e. The average Bonchev–Trinajstić information content (AvgIpc) is 2.86. The largest absolute Gasteiger partial charge is 0.341 e. The molecule has 2 heterocycles. The van der Waals surface area contributed by atoms with Crippen LogP contribution in [0.2, 0.25) is 0 Å². The molecule has 1 fully saturated rings. The Morgan fingerprint density at radius 2 is 1.54 bits per heavy atom. The fraction of sp³-hybridized carbons (Fsp3) is 0.500. The van der Waals surface area contributed by atoms with Gasteiger partial charge in [-0.3, -0.25) is 0 Å². The van der Waals surface area contributed by atoms with Gasteiger partial charge in [0, 0.05) is 24.5 Å². The number of anilines is 2. The quantitative estimate of drug-likeness (QED) is 0.710. The van der Waals surface area contributed by atoms with Gasteiger partial charge in [-0.25, -0.2) is 0 Å². The van der Waals surface area contributed by atoms with Gasteiger partial charge >= 0.3 is 0 Å². The van der Waals surface area contributed by atoms with Crippen molar-refractivity contribution in [3.8, 4) is 0 Å². The summed E-state index contributed by atoms with van der Waals surface area (Å²) in [6.07, 6.45) is 7.68. The molecule has 0 bridgehead atoms.